The second-order valence-electron chi connectivity index (χ2n) is 3.83. The molecule has 5 nitrogen and oxygen atoms in total. The van der Waals surface area contributed by atoms with Crippen LogP contribution >= 0.6 is 0 Å². The summed E-state index contributed by atoms with van der Waals surface area (Å²) >= 11 is 0. The summed E-state index contributed by atoms with van der Waals surface area (Å²) in [5.41, 5.74) is 0.950. The van der Waals surface area contributed by atoms with E-state index in [0.29, 0.717) is 6.29 Å². The predicted octanol–water partition coefficient (Wildman–Crippen LogP) is 2.32. The Morgan fingerprint density at radius 2 is 1.37 bits per heavy atom. The fraction of sp³-hybridized carbons (Fsp3) is 0.0714. The summed E-state index contributed by atoms with van der Waals surface area (Å²) < 4.78 is 0. The number of rotatable bonds is 1. The molecule has 0 amide bonds. The van der Waals surface area contributed by atoms with Gasteiger partial charge >= 0.3 is 0 Å². The van der Waals surface area contributed by atoms with Crippen LogP contribution in [0.15, 0.2) is 36.4 Å². The lowest BCUT2D eigenvalue weighted by Gasteiger charge is -1.96. The van der Waals surface area contributed by atoms with E-state index in [4.69, 9.17) is 20.4 Å². The van der Waals surface area contributed by atoms with Crippen molar-refractivity contribution in [2.45, 2.75) is 6.92 Å². The summed E-state index contributed by atoms with van der Waals surface area (Å²) in [5, 5.41) is 35.4. The molecule has 0 spiro atoms. The lowest BCUT2D eigenvalue weighted by atomic mass is 10.2. The number of aryl methyl sites for hydroxylation is 1. The van der Waals surface area contributed by atoms with Gasteiger partial charge in [-0.1, -0.05) is 6.07 Å². The third-order valence-corrected chi connectivity index (χ3v) is 2.33. The minimum Gasteiger partial charge on any atom is -0.508 e. The second-order valence-corrected chi connectivity index (χ2v) is 3.83. The minimum absolute atomic E-state index is 0.0527. The van der Waals surface area contributed by atoms with Gasteiger partial charge in [0.05, 0.1) is 5.56 Å². The number of carbonyl (C=O) groups is 1. The zero-order valence-corrected chi connectivity index (χ0v) is 10.2. The molecule has 4 N–H and O–H groups in total. The van der Waals surface area contributed by atoms with Gasteiger partial charge in [0.2, 0.25) is 0 Å². The van der Waals surface area contributed by atoms with E-state index >= 15 is 0 Å². The normalized spacial score (nSPS) is 9.32. The van der Waals surface area contributed by atoms with Crippen molar-refractivity contribution in [3.05, 3.63) is 47.5 Å². The van der Waals surface area contributed by atoms with Crippen LogP contribution in [0.1, 0.15) is 15.9 Å². The first kappa shape index (κ1) is 14.4. The number of benzene rings is 2. The number of carbonyl (C=O) groups excluding carboxylic acids is 1. The Labute approximate surface area is 110 Å². The van der Waals surface area contributed by atoms with Gasteiger partial charge in [-0.2, -0.15) is 0 Å². The smallest absolute Gasteiger partial charge is 0.153 e. The topological polar surface area (TPSA) is 98.0 Å². The Morgan fingerprint density at radius 1 is 0.842 bits per heavy atom. The van der Waals surface area contributed by atoms with Crippen molar-refractivity contribution in [1.29, 1.82) is 0 Å². The van der Waals surface area contributed by atoms with E-state index in [9.17, 15) is 4.79 Å². The molecule has 0 atom stereocenters. The van der Waals surface area contributed by atoms with Crippen molar-refractivity contribution in [1.82, 2.24) is 0 Å². The lowest BCUT2D eigenvalue weighted by Crippen LogP contribution is -1.78. The molecule has 0 aliphatic carbocycles. The van der Waals surface area contributed by atoms with Crippen LogP contribution < -0.4 is 0 Å². The summed E-state index contributed by atoms with van der Waals surface area (Å²) in [6.45, 7) is 1.77. The zero-order valence-electron chi connectivity index (χ0n) is 10.2. The van der Waals surface area contributed by atoms with Gasteiger partial charge in [0.25, 0.3) is 0 Å². The minimum atomic E-state index is -0.199. The summed E-state index contributed by atoms with van der Waals surface area (Å²) in [5.74, 6) is -0.0220. The third kappa shape index (κ3) is 4.23. The molecule has 0 aliphatic rings. The monoisotopic (exact) mass is 262 g/mol. The van der Waals surface area contributed by atoms with Gasteiger partial charge in [0.15, 0.2) is 6.29 Å². The van der Waals surface area contributed by atoms with Crippen molar-refractivity contribution in [3.63, 3.8) is 0 Å². The molecule has 0 radical (unpaired) electrons. The van der Waals surface area contributed by atoms with Crippen LogP contribution in [0.3, 0.4) is 0 Å². The van der Waals surface area contributed by atoms with Gasteiger partial charge in [0.1, 0.15) is 23.0 Å². The number of phenolic OH excluding ortho intramolecular Hbond substituents is 4. The van der Waals surface area contributed by atoms with Crippen LogP contribution in [0.2, 0.25) is 0 Å². The molecule has 19 heavy (non-hydrogen) atoms. The van der Waals surface area contributed by atoms with Crippen LogP contribution in [0.25, 0.3) is 0 Å². The van der Waals surface area contributed by atoms with E-state index in [-0.39, 0.29) is 28.6 Å². The Kier molecular flexibility index (Phi) is 4.76. The summed E-state index contributed by atoms with van der Waals surface area (Å²) in [6, 6.07) is 8.31. The average molecular weight is 262 g/mol. The van der Waals surface area contributed by atoms with Crippen LogP contribution in [-0.4, -0.2) is 26.7 Å². The number of aromatic hydroxyl groups is 4. The summed E-state index contributed by atoms with van der Waals surface area (Å²) in [7, 11) is 0. The fourth-order valence-electron chi connectivity index (χ4n) is 1.23. The third-order valence-electron chi connectivity index (χ3n) is 2.33. The van der Waals surface area contributed by atoms with E-state index in [2.05, 4.69) is 0 Å². The zero-order chi connectivity index (χ0) is 14.4. The molecule has 0 aromatic heterocycles. The first-order valence-electron chi connectivity index (χ1n) is 5.39. The number of phenols is 4. The highest BCUT2D eigenvalue weighted by molar-refractivity contribution is 5.79. The van der Waals surface area contributed by atoms with E-state index in [1.54, 1.807) is 13.0 Å². The van der Waals surface area contributed by atoms with Crippen molar-refractivity contribution >= 4 is 6.29 Å². The SMILES string of the molecule is Cc1ccc(O)cc1O.O=Cc1ccc(O)cc1O. The number of aldehydes is 1. The highest BCUT2D eigenvalue weighted by Crippen LogP contribution is 2.21. The molecule has 100 valence electrons. The van der Waals surface area contributed by atoms with E-state index in [1.807, 2.05) is 0 Å². The molecule has 2 aromatic rings. The van der Waals surface area contributed by atoms with Crippen LogP contribution in [0.5, 0.6) is 23.0 Å². The lowest BCUT2D eigenvalue weighted by molar-refractivity contribution is 0.112. The first-order valence-corrected chi connectivity index (χ1v) is 5.39. The standard InChI is InChI=1S/C7H6O3.C7H8O2/c8-4-5-1-2-6(9)3-7(5)10;1-5-2-3-6(8)4-7(5)9/h1-4,9-10H;2-4,8-9H,1H3. The van der Waals surface area contributed by atoms with E-state index < -0.39 is 0 Å². The van der Waals surface area contributed by atoms with Gasteiger partial charge in [-0.25, -0.2) is 0 Å². The fourth-order valence-corrected chi connectivity index (χ4v) is 1.23. The molecule has 0 bridgehead atoms. The van der Waals surface area contributed by atoms with E-state index in [0.717, 1.165) is 11.6 Å². The molecular weight excluding hydrogens is 248 g/mol. The Hall–Kier alpha value is -2.69. The van der Waals surface area contributed by atoms with Crippen molar-refractivity contribution < 1.29 is 25.2 Å². The average Bonchev–Trinajstić information content (AvgIpc) is 2.35. The van der Waals surface area contributed by atoms with Crippen LogP contribution in [0.4, 0.5) is 0 Å². The molecule has 2 aromatic carbocycles. The van der Waals surface area contributed by atoms with Crippen molar-refractivity contribution in [2.24, 2.45) is 0 Å². The van der Waals surface area contributed by atoms with Gasteiger partial charge in [0, 0.05) is 12.1 Å². The number of hydrogen-bond acceptors (Lipinski definition) is 5. The Morgan fingerprint density at radius 3 is 1.79 bits per heavy atom. The molecule has 0 unspecified atom stereocenters. The summed E-state index contributed by atoms with van der Waals surface area (Å²) in [4.78, 5) is 10.1. The van der Waals surface area contributed by atoms with Crippen molar-refractivity contribution in [2.75, 3.05) is 0 Å². The Bertz CT molecular complexity index is 578. The quantitative estimate of drug-likeness (QED) is 0.591. The molecular formula is C14H14O5. The largest absolute Gasteiger partial charge is 0.508 e. The highest BCUT2D eigenvalue weighted by atomic mass is 16.3. The molecule has 0 saturated heterocycles. The molecule has 0 fully saturated rings. The molecule has 5 heteroatoms. The maximum atomic E-state index is 10.1. The maximum Gasteiger partial charge on any atom is 0.153 e. The van der Waals surface area contributed by atoms with Gasteiger partial charge in [-0.05, 0) is 30.7 Å². The van der Waals surface area contributed by atoms with Crippen molar-refractivity contribution in [3.8, 4) is 23.0 Å². The molecule has 0 aliphatic heterocycles. The summed E-state index contributed by atoms with van der Waals surface area (Å²) in [6.07, 6.45) is 0.523. The molecule has 0 heterocycles. The molecule has 0 saturated carbocycles. The van der Waals surface area contributed by atoms with Crippen LogP contribution in [-0.2, 0) is 0 Å². The predicted molar refractivity (Wildman–Crippen MR) is 69.7 cm³/mol. The molecule has 2 rings (SSSR count). The highest BCUT2D eigenvalue weighted by Gasteiger charge is 1.98. The van der Waals surface area contributed by atoms with E-state index in [1.165, 1.54) is 24.3 Å². The van der Waals surface area contributed by atoms with Gasteiger partial charge in [-0.15, -0.1) is 0 Å². The second kappa shape index (κ2) is 6.30. The first-order chi connectivity index (χ1) is 8.93. The Balaban J connectivity index is 0.000000191. The van der Waals surface area contributed by atoms with Gasteiger partial charge < -0.3 is 20.4 Å². The van der Waals surface area contributed by atoms with Gasteiger partial charge in [-0.3, -0.25) is 4.79 Å². The van der Waals surface area contributed by atoms with Crippen LogP contribution in [0, 0.1) is 6.92 Å². The number of hydrogen-bond donors (Lipinski definition) is 4. The maximum absolute atomic E-state index is 10.1.